The van der Waals surface area contributed by atoms with Crippen molar-refractivity contribution in [2.45, 2.75) is 12.8 Å². The van der Waals surface area contributed by atoms with Crippen molar-refractivity contribution >= 4 is 35.7 Å². The summed E-state index contributed by atoms with van der Waals surface area (Å²) in [7, 11) is 0. The number of carbonyl (C=O) groups is 6. The summed E-state index contributed by atoms with van der Waals surface area (Å²) in [6.45, 7) is 0. The molecule has 0 radical (unpaired) electrons. The van der Waals surface area contributed by atoms with E-state index >= 15 is 0 Å². The third-order valence-electron chi connectivity index (χ3n) is 2.19. The molecule has 2 saturated heterocycles. The molecule has 0 aliphatic carbocycles. The Kier molecular flexibility index (Phi) is 4.81. The van der Waals surface area contributed by atoms with Crippen LogP contribution in [0.3, 0.4) is 0 Å². The van der Waals surface area contributed by atoms with Gasteiger partial charge in [0.25, 0.3) is 11.8 Å². The van der Waals surface area contributed by atoms with Gasteiger partial charge in [0.2, 0.25) is 11.8 Å². The summed E-state index contributed by atoms with van der Waals surface area (Å²) < 4.78 is 0. The molecule has 0 atom stereocenters. The molecule has 8 amide bonds. The van der Waals surface area contributed by atoms with Crippen molar-refractivity contribution < 1.29 is 45.3 Å². The number of nitrogens with zero attached hydrogens (tertiary/aromatic N) is 4. The maximum Gasteiger partial charge on any atom is 0.353 e. The van der Waals surface area contributed by atoms with E-state index in [4.69, 9.17) is 0 Å². The first kappa shape index (κ1) is 16.4. The molecule has 2 heterocycles. The quantitative estimate of drug-likeness (QED) is 0.343. The summed E-state index contributed by atoms with van der Waals surface area (Å²) in [4.78, 5) is 66.9. The molecule has 2 aliphatic heterocycles. The monoisotopic (exact) mass is 340 g/mol. The van der Waals surface area contributed by atoms with E-state index in [9.17, 15) is 28.8 Å². The maximum atomic E-state index is 11.3. The van der Waals surface area contributed by atoms with Gasteiger partial charge in [-0.1, -0.05) is 0 Å². The molecule has 2 aliphatic rings. The molecule has 2 rings (SSSR count). The van der Waals surface area contributed by atoms with Crippen LogP contribution in [-0.4, -0.2) is 45.7 Å². The molecule has 2 N–H and O–H groups in total. The maximum absolute atomic E-state index is 11.3. The smallest absolute Gasteiger partial charge is 0.276 e. The number of imide groups is 4. The van der Waals surface area contributed by atoms with Crippen LogP contribution in [0.25, 0.3) is 0 Å². The zero-order valence-corrected chi connectivity index (χ0v) is 11.0. The van der Waals surface area contributed by atoms with Crippen LogP contribution < -0.4 is 10.6 Å². The zero-order chi connectivity index (χ0) is 14.9. The number of carbonyl (C=O) groups excluding carboxylic acids is 6. The fourth-order valence-electron chi connectivity index (χ4n) is 1.34. The normalized spacial score (nSPS) is 19.6. The Balaban J connectivity index is 0.00000220. The van der Waals surface area contributed by atoms with E-state index in [1.54, 1.807) is 10.6 Å². The Morgan fingerprint density at radius 1 is 0.714 bits per heavy atom. The second-order valence-corrected chi connectivity index (χ2v) is 3.65. The molecule has 114 valence electrons. The number of urea groups is 2. The standard InChI is InChI=1S/C8H6N6O6.Ni/c15-3-1-5(17)13(7(19)9-3)11-12-14-6(18)2-4(16)10-8(14)20;/h1-2H2,(H,9,15,19)(H,10,16,20);. The summed E-state index contributed by atoms with van der Waals surface area (Å²) in [5, 5.41) is 10.2. The number of amides is 8. The van der Waals surface area contributed by atoms with Crippen molar-refractivity contribution in [1.82, 2.24) is 20.7 Å². The number of rotatable bonds is 2. The molecule has 13 heteroatoms. The molecule has 0 spiro atoms. The Hall–Kier alpha value is -2.69. The summed E-state index contributed by atoms with van der Waals surface area (Å²) in [5.74, 6) is -3.54. The largest absolute Gasteiger partial charge is 0.353 e. The van der Waals surface area contributed by atoms with Crippen LogP contribution in [0.2, 0.25) is 0 Å². The van der Waals surface area contributed by atoms with Crippen molar-refractivity contribution in [2.24, 2.45) is 10.4 Å². The second-order valence-electron chi connectivity index (χ2n) is 3.65. The van der Waals surface area contributed by atoms with Gasteiger partial charge in [-0.25, -0.2) is 9.59 Å². The number of hydrogen-bond acceptors (Lipinski definition) is 8. The topological polar surface area (TPSA) is 158 Å². The summed E-state index contributed by atoms with van der Waals surface area (Å²) >= 11 is 0. The number of nitrogens with one attached hydrogen (secondary N) is 2. The predicted octanol–water partition coefficient (Wildman–Crippen LogP) is -1.80. The van der Waals surface area contributed by atoms with Gasteiger partial charge in [0.05, 0.1) is 0 Å². The minimum atomic E-state index is -1.16. The van der Waals surface area contributed by atoms with E-state index in [-0.39, 0.29) is 26.5 Å². The van der Waals surface area contributed by atoms with Gasteiger partial charge >= 0.3 is 12.1 Å². The molecule has 0 aromatic heterocycles. The molecule has 21 heavy (non-hydrogen) atoms. The van der Waals surface area contributed by atoms with E-state index in [1.165, 1.54) is 0 Å². The Morgan fingerprint density at radius 2 is 1.05 bits per heavy atom. The SMILES string of the molecule is O=C1CC(=O)N(N=NN2C(=O)CC(=O)NC2=O)C(=O)N1.[Ni]. The van der Waals surface area contributed by atoms with Crippen LogP contribution in [-0.2, 0) is 35.7 Å². The van der Waals surface area contributed by atoms with Crippen LogP contribution in [0.15, 0.2) is 10.4 Å². The Labute approximate surface area is 125 Å². The van der Waals surface area contributed by atoms with E-state index in [0.29, 0.717) is 0 Å². The molecule has 12 nitrogen and oxygen atoms in total. The third kappa shape index (κ3) is 3.45. The van der Waals surface area contributed by atoms with Gasteiger partial charge in [-0.05, 0) is 10.4 Å². The Morgan fingerprint density at radius 3 is 1.33 bits per heavy atom. The summed E-state index contributed by atoms with van der Waals surface area (Å²) in [6, 6.07) is -2.31. The van der Waals surface area contributed by atoms with Crippen LogP contribution in [0.5, 0.6) is 0 Å². The molecular formula is C8H6N6NiO6. The van der Waals surface area contributed by atoms with Gasteiger partial charge in [0.1, 0.15) is 12.8 Å². The van der Waals surface area contributed by atoms with Crippen molar-refractivity contribution in [3.63, 3.8) is 0 Å². The van der Waals surface area contributed by atoms with Crippen LogP contribution in [0, 0.1) is 0 Å². The van der Waals surface area contributed by atoms with Crippen molar-refractivity contribution in [1.29, 1.82) is 0 Å². The first-order valence-corrected chi connectivity index (χ1v) is 5.13. The summed E-state index contributed by atoms with van der Waals surface area (Å²) in [6.07, 6.45) is -1.24. The van der Waals surface area contributed by atoms with Crippen molar-refractivity contribution in [2.75, 3.05) is 0 Å². The van der Waals surface area contributed by atoms with Crippen molar-refractivity contribution in [3.8, 4) is 0 Å². The fraction of sp³-hybridized carbons (Fsp3) is 0.250. The number of hydrogen-bond donors (Lipinski definition) is 2. The minimum Gasteiger partial charge on any atom is -0.276 e. The first-order valence-electron chi connectivity index (χ1n) is 5.13. The van der Waals surface area contributed by atoms with E-state index < -0.39 is 48.5 Å². The van der Waals surface area contributed by atoms with Crippen LogP contribution in [0.1, 0.15) is 12.8 Å². The van der Waals surface area contributed by atoms with Gasteiger partial charge in [-0.3, -0.25) is 29.8 Å². The average molecular weight is 341 g/mol. The fourth-order valence-corrected chi connectivity index (χ4v) is 1.34. The number of barbiturate groups is 2. The molecule has 2 fully saturated rings. The molecule has 0 aromatic rings. The van der Waals surface area contributed by atoms with Gasteiger partial charge in [-0.2, -0.15) is 0 Å². The average Bonchev–Trinajstić information content (AvgIpc) is 2.30. The van der Waals surface area contributed by atoms with Gasteiger partial charge in [0.15, 0.2) is 0 Å². The minimum absolute atomic E-state index is 0. The van der Waals surface area contributed by atoms with Gasteiger partial charge < -0.3 is 0 Å². The Bertz CT molecular complexity index is 498. The first-order chi connectivity index (χ1) is 9.38. The molecule has 0 unspecified atom stereocenters. The molecule has 0 saturated carbocycles. The van der Waals surface area contributed by atoms with Gasteiger partial charge in [-0.15, -0.1) is 10.0 Å². The predicted molar refractivity (Wildman–Crippen MR) is 54.9 cm³/mol. The zero-order valence-electron chi connectivity index (χ0n) is 9.97. The molecule has 0 aromatic carbocycles. The third-order valence-corrected chi connectivity index (χ3v) is 2.19. The molecular weight excluding hydrogens is 335 g/mol. The van der Waals surface area contributed by atoms with Crippen LogP contribution in [0.4, 0.5) is 9.59 Å². The van der Waals surface area contributed by atoms with Gasteiger partial charge in [0, 0.05) is 16.5 Å². The van der Waals surface area contributed by atoms with Crippen LogP contribution >= 0.6 is 0 Å². The molecule has 0 bridgehead atoms. The van der Waals surface area contributed by atoms with Crippen molar-refractivity contribution in [3.05, 3.63) is 0 Å². The second kappa shape index (κ2) is 6.18. The van der Waals surface area contributed by atoms with E-state index in [1.807, 2.05) is 0 Å². The van der Waals surface area contributed by atoms with E-state index in [2.05, 4.69) is 10.4 Å². The van der Waals surface area contributed by atoms with E-state index in [0.717, 1.165) is 0 Å². The summed E-state index contributed by atoms with van der Waals surface area (Å²) in [5.41, 5.74) is 0.